The second-order valence-corrected chi connectivity index (χ2v) is 3.34. The Balaban J connectivity index is 2.74. The standard InChI is InChI=1S/C8H3Cl2FO2/c9-6-4-2-13-8(12)3(4)1-5(11)7(6)10/h1H,2H2. The minimum atomic E-state index is -0.704. The van der Waals surface area contributed by atoms with Crippen molar-refractivity contribution >= 4 is 29.2 Å². The van der Waals surface area contributed by atoms with E-state index in [1.54, 1.807) is 0 Å². The van der Waals surface area contributed by atoms with Crippen molar-refractivity contribution in [1.29, 1.82) is 0 Å². The molecule has 0 saturated heterocycles. The molecule has 1 heterocycles. The van der Waals surface area contributed by atoms with Gasteiger partial charge in [-0.2, -0.15) is 0 Å². The van der Waals surface area contributed by atoms with Gasteiger partial charge in [-0.15, -0.1) is 0 Å². The summed E-state index contributed by atoms with van der Waals surface area (Å²) >= 11 is 11.2. The second-order valence-electron chi connectivity index (χ2n) is 2.59. The molecule has 0 spiro atoms. The minimum absolute atomic E-state index is 0.0579. The van der Waals surface area contributed by atoms with E-state index in [9.17, 15) is 9.18 Å². The molecule has 0 aliphatic carbocycles. The third kappa shape index (κ3) is 1.19. The van der Waals surface area contributed by atoms with Gasteiger partial charge in [0, 0.05) is 5.56 Å². The van der Waals surface area contributed by atoms with Crippen molar-refractivity contribution in [1.82, 2.24) is 0 Å². The van der Waals surface area contributed by atoms with Gasteiger partial charge in [0.05, 0.1) is 15.6 Å². The molecule has 0 aromatic heterocycles. The number of hydrogen-bond donors (Lipinski definition) is 0. The maximum atomic E-state index is 13.0. The van der Waals surface area contributed by atoms with Gasteiger partial charge in [0.2, 0.25) is 0 Å². The first kappa shape index (κ1) is 8.78. The molecule has 0 saturated carbocycles. The highest BCUT2D eigenvalue weighted by atomic mass is 35.5. The summed E-state index contributed by atoms with van der Waals surface area (Å²) in [6, 6.07) is 1.04. The Bertz CT molecular complexity index is 404. The van der Waals surface area contributed by atoms with Gasteiger partial charge in [-0.05, 0) is 6.07 Å². The van der Waals surface area contributed by atoms with E-state index in [-0.39, 0.29) is 22.2 Å². The Labute approximate surface area is 83.2 Å². The molecule has 13 heavy (non-hydrogen) atoms. The van der Waals surface area contributed by atoms with E-state index >= 15 is 0 Å². The maximum Gasteiger partial charge on any atom is 0.339 e. The first-order chi connectivity index (χ1) is 6.11. The number of esters is 1. The summed E-state index contributed by atoms with van der Waals surface area (Å²) in [5.41, 5.74) is 0.616. The Morgan fingerprint density at radius 2 is 2.08 bits per heavy atom. The van der Waals surface area contributed by atoms with Crippen LogP contribution in [0.1, 0.15) is 15.9 Å². The highest BCUT2D eigenvalue weighted by Crippen LogP contribution is 2.34. The summed E-state index contributed by atoms with van der Waals surface area (Å²) in [4.78, 5) is 11.0. The summed E-state index contributed by atoms with van der Waals surface area (Å²) in [5.74, 6) is -1.27. The normalized spacial score (nSPS) is 14.2. The van der Waals surface area contributed by atoms with Gasteiger partial charge in [0.15, 0.2) is 0 Å². The van der Waals surface area contributed by atoms with Crippen molar-refractivity contribution in [2.75, 3.05) is 0 Å². The number of ether oxygens (including phenoxy) is 1. The van der Waals surface area contributed by atoms with Crippen LogP contribution in [0.5, 0.6) is 0 Å². The maximum absolute atomic E-state index is 13.0. The monoisotopic (exact) mass is 220 g/mol. The summed E-state index contributed by atoms with van der Waals surface area (Å²) in [6.07, 6.45) is 0. The Morgan fingerprint density at radius 3 is 2.77 bits per heavy atom. The molecule has 1 aliphatic rings. The summed E-state index contributed by atoms with van der Waals surface area (Å²) in [6.45, 7) is 0.0625. The molecule has 68 valence electrons. The zero-order chi connectivity index (χ0) is 9.59. The molecule has 2 rings (SSSR count). The largest absolute Gasteiger partial charge is 0.457 e. The zero-order valence-electron chi connectivity index (χ0n) is 6.23. The SMILES string of the molecule is O=C1OCc2c1cc(F)c(Cl)c2Cl. The van der Waals surface area contributed by atoms with Gasteiger partial charge >= 0.3 is 5.97 Å². The molecule has 0 bridgehead atoms. The van der Waals surface area contributed by atoms with Crippen molar-refractivity contribution in [3.05, 3.63) is 33.1 Å². The van der Waals surface area contributed by atoms with Crippen molar-refractivity contribution in [3.63, 3.8) is 0 Å². The fourth-order valence-electron chi connectivity index (χ4n) is 1.17. The Kier molecular flexibility index (Phi) is 1.93. The van der Waals surface area contributed by atoms with Crippen LogP contribution in [-0.2, 0) is 11.3 Å². The van der Waals surface area contributed by atoms with Gasteiger partial charge in [-0.3, -0.25) is 0 Å². The number of hydrogen-bond acceptors (Lipinski definition) is 2. The van der Waals surface area contributed by atoms with Crippen LogP contribution in [0.3, 0.4) is 0 Å². The van der Waals surface area contributed by atoms with Crippen molar-refractivity contribution in [2.45, 2.75) is 6.61 Å². The van der Waals surface area contributed by atoms with E-state index in [2.05, 4.69) is 4.74 Å². The van der Waals surface area contributed by atoms with Crippen molar-refractivity contribution in [2.24, 2.45) is 0 Å². The molecule has 0 radical (unpaired) electrons. The number of carbonyl (C=O) groups is 1. The predicted octanol–water partition coefficient (Wildman–Crippen LogP) is 2.80. The van der Waals surface area contributed by atoms with Crippen LogP contribution in [0.2, 0.25) is 10.0 Å². The molecule has 1 aromatic carbocycles. The van der Waals surface area contributed by atoms with Gasteiger partial charge in [-0.1, -0.05) is 23.2 Å². The molecule has 1 aromatic rings. The predicted molar refractivity (Wildman–Crippen MR) is 45.5 cm³/mol. The van der Waals surface area contributed by atoms with E-state index in [0.29, 0.717) is 5.56 Å². The van der Waals surface area contributed by atoms with Gasteiger partial charge in [0.25, 0.3) is 0 Å². The lowest BCUT2D eigenvalue weighted by Gasteiger charge is -2.01. The van der Waals surface area contributed by atoms with Crippen molar-refractivity contribution < 1.29 is 13.9 Å². The van der Waals surface area contributed by atoms with Crippen LogP contribution in [0.4, 0.5) is 4.39 Å². The first-order valence-electron chi connectivity index (χ1n) is 3.44. The highest BCUT2D eigenvalue weighted by molar-refractivity contribution is 6.43. The molecule has 0 amide bonds. The third-order valence-electron chi connectivity index (χ3n) is 1.83. The van der Waals surface area contributed by atoms with Gasteiger partial charge < -0.3 is 4.74 Å². The number of rotatable bonds is 0. The highest BCUT2D eigenvalue weighted by Gasteiger charge is 2.26. The average molecular weight is 221 g/mol. The lowest BCUT2D eigenvalue weighted by Crippen LogP contribution is -1.95. The molecular weight excluding hydrogens is 218 g/mol. The van der Waals surface area contributed by atoms with E-state index in [1.165, 1.54) is 0 Å². The fraction of sp³-hybridized carbons (Fsp3) is 0.125. The Hall–Kier alpha value is -0.800. The number of fused-ring (bicyclic) bond motifs is 1. The molecule has 0 N–H and O–H groups in total. The Morgan fingerprint density at radius 1 is 1.38 bits per heavy atom. The molecule has 0 unspecified atom stereocenters. The molecule has 2 nitrogen and oxygen atoms in total. The van der Waals surface area contributed by atoms with Crippen LogP contribution < -0.4 is 0 Å². The minimum Gasteiger partial charge on any atom is -0.457 e. The number of cyclic esters (lactones) is 1. The topological polar surface area (TPSA) is 26.3 Å². The van der Waals surface area contributed by atoms with Crippen molar-refractivity contribution in [3.8, 4) is 0 Å². The van der Waals surface area contributed by atoms with Gasteiger partial charge in [-0.25, -0.2) is 9.18 Å². The first-order valence-corrected chi connectivity index (χ1v) is 4.20. The van der Waals surface area contributed by atoms with E-state index in [1.807, 2.05) is 0 Å². The van der Waals surface area contributed by atoms with Crippen LogP contribution in [0.25, 0.3) is 0 Å². The second kappa shape index (κ2) is 2.86. The van der Waals surface area contributed by atoms with Crippen LogP contribution in [-0.4, -0.2) is 5.97 Å². The summed E-state index contributed by atoms with van der Waals surface area (Å²) < 4.78 is 17.6. The fourth-order valence-corrected chi connectivity index (χ4v) is 1.59. The molecule has 5 heteroatoms. The number of halogens is 3. The lowest BCUT2D eigenvalue weighted by atomic mass is 10.1. The number of carbonyl (C=O) groups excluding carboxylic acids is 1. The smallest absolute Gasteiger partial charge is 0.339 e. The van der Waals surface area contributed by atoms with E-state index in [4.69, 9.17) is 23.2 Å². The number of benzene rings is 1. The van der Waals surface area contributed by atoms with Crippen LogP contribution in [0, 0.1) is 5.82 Å². The van der Waals surface area contributed by atoms with E-state index < -0.39 is 11.8 Å². The summed E-state index contributed by atoms with van der Waals surface area (Å²) in [7, 11) is 0. The molecular formula is C8H3Cl2FO2. The van der Waals surface area contributed by atoms with Crippen LogP contribution in [0.15, 0.2) is 6.07 Å². The third-order valence-corrected chi connectivity index (χ3v) is 2.71. The summed E-state index contributed by atoms with van der Waals surface area (Å²) in [5, 5.41) is -0.110. The van der Waals surface area contributed by atoms with E-state index in [0.717, 1.165) is 6.07 Å². The molecule has 1 aliphatic heterocycles. The molecule has 0 atom stereocenters. The average Bonchev–Trinajstić information content (AvgIpc) is 2.45. The lowest BCUT2D eigenvalue weighted by molar-refractivity contribution is 0.0535. The van der Waals surface area contributed by atoms with Crippen LogP contribution >= 0.6 is 23.2 Å². The molecule has 0 fully saturated rings. The zero-order valence-corrected chi connectivity index (χ0v) is 7.75. The van der Waals surface area contributed by atoms with Gasteiger partial charge in [0.1, 0.15) is 12.4 Å². The quantitative estimate of drug-likeness (QED) is 0.497.